The van der Waals surface area contributed by atoms with Crippen molar-refractivity contribution in [1.82, 2.24) is 20.2 Å². The Morgan fingerprint density at radius 1 is 0.800 bits per heavy atom. The summed E-state index contributed by atoms with van der Waals surface area (Å²) in [6.45, 7) is 0.805. The van der Waals surface area contributed by atoms with Gasteiger partial charge in [0.1, 0.15) is 0 Å². The van der Waals surface area contributed by atoms with E-state index in [9.17, 15) is 0 Å². The van der Waals surface area contributed by atoms with Gasteiger partial charge in [0.2, 0.25) is 0 Å². The SMILES string of the molecule is c1ccc(CCn2nnnc2Cc2ccccc2)cc1. The van der Waals surface area contributed by atoms with E-state index in [0.717, 1.165) is 25.2 Å². The van der Waals surface area contributed by atoms with Crippen LogP contribution in [0.2, 0.25) is 0 Å². The van der Waals surface area contributed by atoms with Crippen molar-refractivity contribution in [3.8, 4) is 0 Å². The minimum absolute atomic E-state index is 0.766. The van der Waals surface area contributed by atoms with E-state index in [4.69, 9.17) is 0 Å². The lowest BCUT2D eigenvalue weighted by atomic mass is 10.1. The maximum absolute atomic E-state index is 4.13. The molecule has 0 radical (unpaired) electrons. The molecule has 0 aliphatic rings. The highest BCUT2D eigenvalue weighted by Crippen LogP contribution is 2.07. The fraction of sp³-hybridized carbons (Fsp3) is 0.188. The van der Waals surface area contributed by atoms with Crippen LogP contribution in [-0.2, 0) is 19.4 Å². The van der Waals surface area contributed by atoms with Gasteiger partial charge in [-0.25, -0.2) is 4.68 Å². The molecule has 100 valence electrons. The third-order valence-electron chi connectivity index (χ3n) is 3.27. The van der Waals surface area contributed by atoms with Gasteiger partial charge in [-0.1, -0.05) is 60.7 Å². The Hall–Kier alpha value is -2.49. The summed E-state index contributed by atoms with van der Waals surface area (Å²) in [7, 11) is 0. The first kappa shape index (κ1) is 12.5. The van der Waals surface area contributed by atoms with Crippen molar-refractivity contribution in [1.29, 1.82) is 0 Å². The lowest BCUT2D eigenvalue weighted by molar-refractivity contribution is 0.569. The van der Waals surface area contributed by atoms with E-state index >= 15 is 0 Å². The Balaban J connectivity index is 1.68. The molecule has 0 amide bonds. The Morgan fingerprint density at radius 2 is 1.45 bits per heavy atom. The van der Waals surface area contributed by atoms with E-state index in [1.54, 1.807) is 0 Å². The van der Waals surface area contributed by atoms with Crippen LogP contribution in [0.15, 0.2) is 60.7 Å². The molecule has 2 aromatic carbocycles. The highest BCUT2D eigenvalue weighted by molar-refractivity contribution is 5.18. The van der Waals surface area contributed by atoms with E-state index < -0.39 is 0 Å². The molecule has 0 unspecified atom stereocenters. The second-order valence-corrected chi connectivity index (χ2v) is 4.72. The van der Waals surface area contributed by atoms with Gasteiger partial charge in [0.25, 0.3) is 0 Å². The van der Waals surface area contributed by atoms with Gasteiger partial charge in [0.05, 0.1) is 0 Å². The number of nitrogens with zero attached hydrogens (tertiary/aromatic N) is 4. The lowest BCUT2D eigenvalue weighted by Gasteiger charge is -2.05. The number of benzene rings is 2. The van der Waals surface area contributed by atoms with Crippen molar-refractivity contribution < 1.29 is 0 Å². The molecular weight excluding hydrogens is 248 g/mol. The molecule has 4 heteroatoms. The Labute approximate surface area is 118 Å². The molecule has 0 saturated carbocycles. The second kappa shape index (κ2) is 6.10. The predicted molar refractivity (Wildman–Crippen MR) is 77.2 cm³/mol. The van der Waals surface area contributed by atoms with E-state index in [2.05, 4.69) is 51.9 Å². The summed E-state index contributed by atoms with van der Waals surface area (Å²) in [5.41, 5.74) is 2.52. The van der Waals surface area contributed by atoms with Crippen LogP contribution in [0.1, 0.15) is 17.0 Å². The second-order valence-electron chi connectivity index (χ2n) is 4.72. The minimum Gasteiger partial charge on any atom is -0.229 e. The Kier molecular flexibility index (Phi) is 3.83. The van der Waals surface area contributed by atoms with Crippen molar-refractivity contribution >= 4 is 0 Å². The molecule has 4 nitrogen and oxygen atoms in total. The number of aryl methyl sites for hydroxylation is 2. The fourth-order valence-electron chi connectivity index (χ4n) is 2.18. The normalized spacial score (nSPS) is 10.6. The topological polar surface area (TPSA) is 43.6 Å². The predicted octanol–water partition coefficient (Wildman–Crippen LogP) is 2.51. The molecule has 0 fully saturated rings. The summed E-state index contributed by atoms with van der Waals surface area (Å²) in [6.07, 6.45) is 1.70. The molecule has 1 aromatic heterocycles. The zero-order valence-electron chi connectivity index (χ0n) is 11.2. The molecule has 3 aromatic rings. The zero-order valence-corrected chi connectivity index (χ0v) is 11.2. The Bertz CT molecular complexity index is 647. The number of hydrogen-bond acceptors (Lipinski definition) is 3. The molecule has 20 heavy (non-hydrogen) atoms. The van der Waals surface area contributed by atoms with Crippen LogP contribution in [0, 0.1) is 0 Å². The van der Waals surface area contributed by atoms with E-state index in [-0.39, 0.29) is 0 Å². The van der Waals surface area contributed by atoms with Crippen LogP contribution in [0.25, 0.3) is 0 Å². The maximum atomic E-state index is 4.13. The first-order valence-corrected chi connectivity index (χ1v) is 6.75. The van der Waals surface area contributed by atoms with Crippen LogP contribution in [0.3, 0.4) is 0 Å². The largest absolute Gasteiger partial charge is 0.229 e. The quantitative estimate of drug-likeness (QED) is 0.711. The molecular formula is C16H16N4. The fourth-order valence-corrected chi connectivity index (χ4v) is 2.18. The van der Waals surface area contributed by atoms with E-state index in [0.29, 0.717) is 0 Å². The van der Waals surface area contributed by atoms with Crippen molar-refractivity contribution in [3.05, 3.63) is 77.6 Å². The zero-order chi connectivity index (χ0) is 13.6. The average Bonchev–Trinajstić information content (AvgIpc) is 2.94. The molecule has 0 aliphatic carbocycles. The number of tetrazole rings is 1. The van der Waals surface area contributed by atoms with E-state index in [1.807, 2.05) is 28.9 Å². The third-order valence-corrected chi connectivity index (χ3v) is 3.27. The van der Waals surface area contributed by atoms with Crippen LogP contribution < -0.4 is 0 Å². The van der Waals surface area contributed by atoms with Crippen LogP contribution in [0.5, 0.6) is 0 Å². The lowest BCUT2D eigenvalue weighted by Crippen LogP contribution is -2.08. The van der Waals surface area contributed by atoms with Gasteiger partial charge in [-0.3, -0.25) is 0 Å². The van der Waals surface area contributed by atoms with Crippen LogP contribution >= 0.6 is 0 Å². The average molecular weight is 264 g/mol. The molecule has 0 spiro atoms. The first-order chi connectivity index (χ1) is 9.92. The minimum atomic E-state index is 0.766. The van der Waals surface area contributed by atoms with Crippen LogP contribution in [0.4, 0.5) is 0 Å². The smallest absolute Gasteiger partial charge is 0.155 e. The van der Waals surface area contributed by atoms with Crippen molar-refractivity contribution in [3.63, 3.8) is 0 Å². The molecule has 0 bridgehead atoms. The summed E-state index contributed by atoms with van der Waals surface area (Å²) < 4.78 is 1.89. The van der Waals surface area contributed by atoms with Crippen LogP contribution in [-0.4, -0.2) is 20.2 Å². The first-order valence-electron chi connectivity index (χ1n) is 6.75. The van der Waals surface area contributed by atoms with Crippen molar-refractivity contribution in [2.75, 3.05) is 0 Å². The van der Waals surface area contributed by atoms with Gasteiger partial charge in [0.15, 0.2) is 5.82 Å². The Morgan fingerprint density at radius 3 is 2.15 bits per heavy atom. The maximum Gasteiger partial charge on any atom is 0.155 e. The summed E-state index contributed by atoms with van der Waals surface area (Å²) in [5.74, 6) is 0.909. The standard InChI is InChI=1S/C16H16N4/c1-3-7-14(8-4-1)11-12-20-16(17-18-19-20)13-15-9-5-2-6-10-15/h1-10H,11-13H2. The van der Waals surface area contributed by atoms with Gasteiger partial charge in [-0.2, -0.15) is 0 Å². The van der Waals surface area contributed by atoms with Gasteiger partial charge in [0, 0.05) is 13.0 Å². The highest BCUT2D eigenvalue weighted by atomic mass is 15.5. The third kappa shape index (κ3) is 3.09. The molecule has 0 atom stereocenters. The molecule has 3 rings (SSSR count). The van der Waals surface area contributed by atoms with Gasteiger partial charge < -0.3 is 0 Å². The van der Waals surface area contributed by atoms with Crippen molar-refractivity contribution in [2.24, 2.45) is 0 Å². The molecule has 0 N–H and O–H groups in total. The summed E-state index contributed by atoms with van der Waals surface area (Å²) >= 11 is 0. The highest BCUT2D eigenvalue weighted by Gasteiger charge is 2.06. The van der Waals surface area contributed by atoms with Gasteiger partial charge in [-0.05, 0) is 28.0 Å². The summed E-state index contributed by atoms with van der Waals surface area (Å²) in [5, 5.41) is 12.0. The van der Waals surface area contributed by atoms with Gasteiger partial charge >= 0.3 is 0 Å². The summed E-state index contributed by atoms with van der Waals surface area (Å²) in [4.78, 5) is 0. The molecule has 0 saturated heterocycles. The molecule has 0 aliphatic heterocycles. The van der Waals surface area contributed by atoms with E-state index in [1.165, 1.54) is 11.1 Å². The molecule has 1 heterocycles. The number of hydrogen-bond donors (Lipinski definition) is 0. The summed E-state index contributed by atoms with van der Waals surface area (Å²) in [6, 6.07) is 20.7. The van der Waals surface area contributed by atoms with Crippen molar-refractivity contribution in [2.45, 2.75) is 19.4 Å². The van der Waals surface area contributed by atoms with Gasteiger partial charge in [-0.15, -0.1) is 5.10 Å². The monoisotopic (exact) mass is 264 g/mol. The number of aromatic nitrogens is 4. The number of rotatable bonds is 5.